The lowest BCUT2D eigenvalue weighted by molar-refractivity contribution is -0.117. The molecule has 22 heavy (non-hydrogen) atoms. The summed E-state index contributed by atoms with van der Waals surface area (Å²) in [7, 11) is 0. The fourth-order valence-electron chi connectivity index (χ4n) is 2.32. The van der Waals surface area contributed by atoms with Crippen LogP contribution in [0, 0.1) is 0 Å². The van der Waals surface area contributed by atoms with E-state index in [1.54, 1.807) is 0 Å². The molecular formula is C16H15ClN4O. The van der Waals surface area contributed by atoms with Crippen LogP contribution in [0.5, 0.6) is 0 Å². The number of aliphatic imine (C=N–C) groups is 2. The van der Waals surface area contributed by atoms with Crippen LogP contribution in [0.15, 0.2) is 52.0 Å². The fourth-order valence-corrected chi connectivity index (χ4v) is 2.45. The third-order valence-electron chi connectivity index (χ3n) is 3.48. The maximum Gasteiger partial charge on any atom is 0.247 e. The average Bonchev–Trinajstić information content (AvgIpc) is 3.15. The highest BCUT2D eigenvalue weighted by atomic mass is 35.5. The van der Waals surface area contributed by atoms with Crippen molar-refractivity contribution in [2.45, 2.75) is 6.42 Å². The molecule has 0 fully saturated rings. The van der Waals surface area contributed by atoms with E-state index in [9.17, 15) is 4.79 Å². The summed E-state index contributed by atoms with van der Waals surface area (Å²) in [5.41, 5.74) is 8.43. The van der Waals surface area contributed by atoms with E-state index in [0.29, 0.717) is 36.2 Å². The lowest BCUT2D eigenvalue weighted by atomic mass is 10.0. The van der Waals surface area contributed by atoms with Crippen molar-refractivity contribution in [1.82, 2.24) is 5.32 Å². The Hall–Kier alpha value is -2.40. The highest BCUT2D eigenvalue weighted by molar-refractivity contribution is 6.30. The Balaban J connectivity index is 1.55. The van der Waals surface area contributed by atoms with E-state index < -0.39 is 0 Å². The molecule has 5 nitrogen and oxygen atoms in total. The van der Waals surface area contributed by atoms with Crippen molar-refractivity contribution in [3.63, 3.8) is 0 Å². The van der Waals surface area contributed by atoms with Crippen molar-refractivity contribution in [2.75, 3.05) is 13.1 Å². The molecule has 1 aliphatic heterocycles. The molecule has 0 atom stereocenters. The van der Waals surface area contributed by atoms with Gasteiger partial charge in [0.15, 0.2) is 0 Å². The molecule has 0 unspecified atom stereocenters. The molecule has 112 valence electrons. The smallest absolute Gasteiger partial charge is 0.247 e. The molecule has 0 saturated heterocycles. The van der Waals surface area contributed by atoms with Gasteiger partial charge in [-0.05, 0) is 23.3 Å². The number of hydrogen-bond donors (Lipinski definition) is 2. The van der Waals surface area contributed by atoms with E-state index in [4.69, 9.17) is 17.3 Å². The molecule has 0 aromatic heterocycles. The SMILES string of the molecule is NC1=NC(CNC(=O)C2=CC=C(c3ccc(Cl)cc3)C2)=NC1. The van der Waals surface area contributed by atoms with Gasteiger partial charge in [-0.15, -0.1) is 0 Å². The molecule has 1 amide bonds. The minimum atomic E-state index is -0.108. The van der Waals surface area contributed by atoms with Gasteiger partial charge in [0.2, 0.25) is 5.91 Å². The second-order valence-corrected chi connectivity index (χ2v) is 5.52. The van der Waals surface area contributed by atoms with Gasteiger partial charge in [-0.2, -0.15) is 0 Å². The normalized spacial score (nSPS) is 16.8. The molecule has 1 aliphatic carbocycles. The second-order valence-electron chi connectivity index (χ2n) is 5.09. The summed E-state index contributed by atoms with van der Waals surface area (Å²) in [6, 6.07) is 7.59. The summed E-state index contributed by atoms with van der Waals surface area (Å²) in [5, 5.41) is 3.51. The van der Waals surface area contributed by atoms with E-state index >= 15 is 0 Å². The summed E-state index contributed by atoms with van der Waals surface area (Å²) in [4.78, 5) is 20.3. The van der Waals surface area contributed by atoms with Gasteiger partial charge in [-0.25, -0.2) is 4.99 Å². The Morgan fingerprint density at radius 1 is 1.27 bits per heavy atom. The van der Waals surface area contributed by atoms with Gasteiger partial charge in [0.25, 0.3) is 0 Å². The highest BCUT2D eigenvalue weighted by Crippen LogP contribution is 2.28. The molecule has 0 saturated carbocycles. The number of nitrogens with one attached hydrogen (secondary N) is 1. The zero-order chi connectivity index (χ0) is 15.5. The number of nitrogens with two attached hydrogens (primary N) is 1. The van der Waals surface area contributed by atoms with Gasteiger partial charge in [0, 0.05) is 17.0 Å². The van der Waals surface area contributed by atoms with Crippen LogP contribution in [0.2, 0.25) is 5.02 Å². The second kappa shape index (κ2) is 6.15. The van der Waals surface area contributed by atoms with Crippen LogP contribution >= 0.6 is 11.6 Å². The van der Waals surface area contributed by atoms with Gasteiger partial charge >= 0.3 is 0 Å². The van der Waals surface area contributed by atoms with Crippen LogP contribution in [0.3, 0.4) is 0 Å². The maximum atomic E-state index is 12.1. The standard InChI is InChI=1S/C16H15ClN4O/c17-13-5-3-10(4-6-13)11-1-2-12(7-11)16(22)20-9-15-19-8-14(18)21-15/h1-6H,7-9H2,(H,20,22)(H2,18,19,21). The van der Waals surface area contributed by atoms with E-state index in [1.807, 2.05) is 36.4 Å². The van der Waals surface area contributed by atoms with Crippen molar-refractivity contribution in [3.8, 4) is 0 Å². The van der Waals surface area contributed by atoms with E-state index in [2.05, 4.69) is 15.3 Å². The number of carbonyl (C=O) groups excluding carboxylic acids is 1. The number of allylic oxidation sites excluding steroid dienone is 3. The summed E-state index contributed by atoms with van der Waals surface area (Å²) >= 11 is 5.88. The van der Waals surface area contributed by atoms with Crippen LogP contribution in [0.1, 0.15) is 12.0 Å². The van der Waals surface area contributed by atoms with Gasteiger partial charge in [-0.3, -0.25) is 9.79 Å². The third kappa shape index (κ3) is 3.26. The van der Waals surface area contributed by atoms with Crippen LogP contribution in [-0.4, -0.2) is 30.7 Å². The molecular weight excluding hydrogens is 300 g/mol. The molecule has 0 spiro atoms. The quantitative estimate of drug-likeness (QED) is 0.890. The van der Waals surface area contributed by atoms with Crippen molar-refractivity contribution >= 4 is 34.8 Å². The van der Waals surface area contributed by atoms with Gasteiger partial charge in [0.05, 0.1) is 13.1 Å². The zero-order valence-corrected chi connectivity index (χ0v) is 12.6. The van der Waals surface area contributed by atoms with Crippen molar-refractivity contribution in [2.24, 2.45) is 15.7 Å². The monoisotopic (exact) mass is 314 g/mol. The predicted octanol–water partition coefficient (Wildman–Crippen LogP) is 1.94. The number of amidine groups is 2. The van der Waals surface area contributed by atoms with Crippen LogP contribution < -0.4 is 11.1 Å². The number of nitrogens with zero attached hydrogens (tertiary/aromatic N) is 2. The predicted molar refractivity (Wildman–Crippen MR) is 89.1 cm³/mol. The first-order valence-electron chi connectivity index (χ1n) is 6.92. The van der Waals surface area contributed by atoms with E-state index in [-0.39, 0.29) is 5.91 Å². The third-order valence-corrected chi connectivity index (χ3v) is 3.73. The van der Waals surface area contributed by atoms with Crippen molar-refractivity contribution in [3.05, 3.63) is 52.6 Å². The molecule has 1 aromatic carbocycles. The number of carbonyl (C=O) groups is 1. The molecule has 0 bridgehead atoms. The average molecular weight is 315 g/mol. The van der Waals surface area contributed by atoms with Crippen LogP contribution in [-0.2, 0) is 4.79 Å². The molecule has 0 radical (unpaired) electrons. The maximum absolute atomic E-state index is 12.1. The Morgan fingerprint density at radius 2 is 2.05 bits per heavy atom. The summed E-state index contributed by atoms with van der Waals surface area (Å²) < 4.78 is 0. The van der Waals surface area contributed by atoms with Crippen molar-refractivity contribution < 1.29 is 4.79 Å². The lowest BCUT2D eigenvalue weighted by Gasteiger charge is -2.07. The lowest BCUT2D eigenvalue weighted by Crippen LogP contribution is -2.29. The van der Waals surface area contributed by atoms with E-state index in [0.717, 1.165) is 16.7 Å². The summed E-state index contributed by atoms with van der Waals surface area (Å²) in [6.07, 6.45) is 4.40. The molecule has 2 aliphatic rings. The molecule has 6 heteroatoms. The van der Waals surface area contributed by atoms with Crippen molar-refractivity contribution in [1.29, 1.82) is 0 Å². The minimum absolute atomic E-state index is 0.108. The van der Waals surface area contributed by atoms with Gasteiger partial charge < -0.3 is 11.1 Å². The Kier molecular flexibility index (Phi) is 4.06. The largest absolute Gasteiger partial charge is 0.386 e. The zero-order valence-electron chi connectivity index (χ0n) is 11.8. The van der Waals surface area contributed by atoms with E-state index in [1.165, 1.54) is 0 Å². The summed E-state index contributed by atoms with van der Waals surface area (Å²) in [5.74, 6) is 0.940. The van der Waals surface area contributed by atoms with Crippen LogP contribution in [0.25, 0.3) is 5.57 Å². The van der Waals surface area contributed by atoms with Gasteiger partial charge in [-0.1, -0.05) is 35.9 Å². The minimum Gasteiger partial charge on any atom is -0.386 e. The summed E-state index contributed by atoms with van der Waals surface area (Å²) in [6.45, 7) is 0.712. The number of hydrogen-bond acceptors (Lipinski definition) is 4. The number of halogens is 1. The molecule has 3 rings (SSSR count). The molecule has 1 aromatic rings. The first-order valence-corrected chi connectivity index (χ1v) is 7.30. The Labute approximate surface area is 133 Å². The molecule has 3 N–H and O–H groups in total. The number of rotatable bonds is 4. The van der Waals surface area contributed by atoms with Gasteiger partial charge in [0.1, 0.15) is 11.7 Å². The number of benzene rings is 1. The number of amides is 1. The molecule has 1 heterocycles. The fraction of sp³-hybridized carbons (Fsp3) is 0.188. The topological polar surface area (TPSA) is 79.8 Å². The Bertz CT molecular complexity index is 729. The van der Waals surface area contributed by atoms with Crippen LogP contribution in [0.4, 0.5) is 0 Å². The Morgan fingerprint density at radius 3 is 2.73 bits per heavy atom. The first-order chi connectivity index (χ1) is 10.6. The highest BCUT2D eigenvalue weighted by Gasteiger charge is 2.17. The first kappa shape index (κ1) is 14.5.